The van der Waals surface area contributed by atoms with Crippen molar-refractivity contribution in [3.8, 4) is 0 Å². The Kier molecular flexibility index (Phi) is 38.7. The van der Waals surface area contributed by atoms with Gasteiger partial charge in [-0.15, -0.1) is 5.06 Å². The third-order valence-corrected chi connectivity index (χ3v) is 11.1. The topological polar surface area (TPSA) is 477 Å². The summed E-state index contributed by atoms with van der Waals surface area (Å²) in [5.41, 5.74) is 12.5. The molecule has 0 aromatic heterocycles. The van der Waals surface area contributed by atoms with E-state index in [0.29, 0.717) is 30.9 Å². The molecule has 13 N–H and O–H groups in total. The summed E-state index contributed by atoms with van der Waals surface area (Å²) in [6.07, 6.45) is 1.26. The Labute approximate surface area is 497 Å². The fourth-order valence-corrected chi connectivity index (χ4v) is 6.75. The quantitative estimate of drug-likeness (QED) is 0.0226. The number of carbonyl (C=O) groups is 14. The van der Waals surface area contributed by atoms with Crippen LogP contribution in [0.3, 0.4) is 0 Å². The molecule has 9 amide bonds. The molecule has 2 saturated heterocycles. The van der Waals surface area contributed by atoms with Crippen molar-refractivity contribution < 1.29 is 107 Å². The highest BCUT2D eigenvalue weighted by molar-refractivity contribution is 6.02. The molecular weight excluding hydrogens is 1120 g/mol. The number of hydrogen-bond acceptors (Lipinski definition) is 20. The first-order valence-corrected chi connectivity index (χ1v) is 27.1. The number of nitrogens with two attached hydrogens (primary N) is 3. The molecule has 2 aliphatic heterocycles. The molecular formula is C55H98N8O22. The van der Waals surface area contributed by atoms with Crippen LogP contribution in [0.1, 0.15) is 189 Å². The highest BCUT2D eigenvalue weighted by Crippen LogP contribution is 2.30. The first-order chi connectivity index (χ1) is 38.0. The van der Waals surface area contributed by atoms with Gasteiger partial charge >= 0.3 is 53.8 Å². The van der Waals surface area contributed by atoms with E-state index in [9.17, 15) is 72.2 Å². The molecule has 85 heavy (non-hydrogen) atoms. The molecule has 0 spiro atoms. The minimum absolute atomic E-state index is 0. The number of hydrogen-bond donors (Lipinski definition) is 10. The third kappa shape index (κ3) is 41.2. The van der Waals surface area contributed by atoms with E-state index < -0.39 is 135 Å². The molecule has 30 nitrogen and oxygen atoms in total. The van der Waals surface area contributed by atoms with E-state index in [4.69, 9.17) is 51.7 Å². The molecule has 0 aliphatic carbocycles. The van der Waals surface area contributed by atoms with Crippen molar-refractivity contribution in [2.45, 2.75) is 218 Å². The Bertz CT molecular complexity index is 2230. The van der Waals surface area contributed by atoms with E-state index in [1.165, 1.54) is 0 Å². The number of aliphatic carboxylic acids is 3. The fourth-order valence-electron chi connectivity index (χ4n) is 6.75. The number of nitrogens with zero attached hydrogens (tertiary/aromatic N) is 2. The van der Waals surface area contributed by atoms with Gasteiger partial charge in [0.25, 0.3) is 23.6 Å². The van der Waals surface area contributed by atoms with Crippen molar-refractivity contribution in [1.82, 2.24) is 26.1 Å². The van der Waals surface area contributed by atoms with Crippen molar-refractivity contribution in [2.75, 3.05) is 13.1 Å². The number of imide groups is 2. The number of rotatable bonds is 23. The molecule has 30 heteroatoms. The first kappa shape index (κ1) is 84.0. The lowest BCUT2D eigenvalue weighted by Gasteiger charge is -2.31. The summed E-state index contributed by atoms with van der Waals surface area (Å²) in [5, 5.41) is 42.8. The molecule has 0 aromatic carbocycles. The van der Waals surface area contributed by atoms with Gasteiger partial charge in [-0.05, 0) is 105 Å². The number of esters is 3. The molecule has 2 heterocycles. The zero-order valence-corrected chi connectivity index (χ0v) is 51.5. The summed E-state index contributed by atoms with van der Waals surface area (Å²) in [6.45, 7) is 28.7. The van der Waals surface area contributed by atoms with Gasteiger partial charge < -0.3 is 67.5 Å². The van der Waals surface area contributed by atoms with Crippen molar-refractivity contribution in [2.24, 2.45) is 52.2 Å². The van der Waals surface area contributed by atoms with Crippen LogP contribution in [-0.4, -0.2) is 156 Å². The van der Waals surface area contributed by atoms with Gasteiger partial charge in [0.2, 0.25) is 5.91 Å². The second kappa shape index (κ2) is 39.2. The van der Waals surface area contributed by atoms with Gasteiger partial charge in [0, 0.05) is 38.8 Å². The van der Waals surface area contributed by atoms with E-state index in [-0.39, 0.29) is 82.2 Å². The lowest BCUT2D eigenvalue weighted by molar-refractivity contribution is -0.202. The van der Waals surface area contributed by atoms with Crippen LogP contribution in [0, 0.1) is 35.0 Å². The summed E-state index contributed by atoms with van der Waals surface area (Å²) in [7, 11) is 0. The monoisotopic (exact) mass is 1220 g/mol. The lowest BCUT2D eigenvalue weighted by Crippen LogP contribution is -2.47. The van der Waals surface area contributed by atoms with Crippen molar-refractivity contribution in [3.63, 3.8) is 0 Å². The zero-order chi connectivity index (χ0) is 66.4. The van der Waals surface area contributed by atoms with Crippen LogP contribution in [0.2, 0.25) is 0 Å². The number of nitrogens with one attached hydrogen (secondary N) is 3. The number of carboxylic acid groups (broad SMARTS) is 3. The number of primary amides is 2. The smallest absolute Gasteiger partial charge is 0.337 e. The van der Waals surface area contributed by atoms with Gasteiger partial charge in [0.15, 0.2) is 0 Å². The second-order valence-corrected chi connectivity index (χ2v) is 24.1. The molecule has 2 rings (SSSR count). The minimum Gasteiger partial charge on any atom is -0.481 e. The number of ether oxygens (including phenoxy) is 3. The number of hydroxylamine groups is 4. The highest BCUT2D eigenvalue weighted by Gasteiger charge is 2.39. The maximum Gasteiger partial charge on any atom is 0.337 e. The molecule has 0 saturated carbocycles. The van der Waals surface area contributed by atoms with Crippen LogP contribution in [-0.2, 0) is 76.6 Å². The Hall–Kier alpha value is -7.50. The maximum atomic E-state index is 12.7. The molecule has 0 aromatic rings. The molecule has 5 atom stereocenters. The van der Waals surface area contributed by atoms with Crippen LogP contribution < -0.4 is 33.2 Å². The SMILES string of the molecule is C.CC(C)(C)OC(=O)C[C@H](C(=O)N[C@@H](CCCNC(N)=O)C(=O)O)C(C)(C)C.CC(C)[C@H](CC(=O)OC(C)(C)C)C(=O)O.CC(C)[C@H](CC(=O)OC(C)(C)C)C(=O)ON1C(=O)CCC1=O.NC(=O)NCCC[C@H](N)C(=O)O.O=C1CCC(=O)N1O. The van der Waals surface area contributed by atoms with Crippen LogP contribution in [0.15, 0.2) is 0 Å². The summed E-state index contributed by atoms with van der Waals surface area (Å²) >= 11 is 0. The average Bonchev–Trinajstić information content (AvgIpc) is 3.99. The van der Waals surface area contributed by atoms with Crippen LogP contribution in [0.5, 0.6) is 0 Å². The predicted molar refractivity (Wildman–Crippen MR) is 304 cm³/mol. The van der Waals surface area contributed by atoms with E-state index in [1.54, 1.807) is 111 Å². The first-order valence-electron chi connectivity index (χ1n) is 27.1. The van der Waals surface area contributed by atoms with E-state index >= 15 is 0 Å². The van der Waals surface area contributed by atoms with E-state index in [2.05, 4.69) is 16.0 Å². The minimum atomic E-state index is -1.19. The molecule has 0 unspecified atom stereocenters. The van der Waals surface area contributed by atoms with Gasteiger partial charge in [0.05, 0.1) is 37.0 Å². The summed E-state index contributed by atoms with van der Waals surface area (Å²) in [6, 6.07) is -3.30. The van der Waals surface area contributed by atoms with Crippen LogP contribution >= 0.6 is 0 Å². The summed E-state index contributed by atoms with van der Waals surface area (Å²) in [4.78, 5) is 162. The van der Waals surface area contributed by atoms with Crippen molar-refractivity contribution in [3.05, 3.63) is 0 Å². The summed E-state index contributed by atoms with van der Waals surface area (Å²) < 4.78 is 15.5. The standard InChI is InChI=1S/C18H33N3O6.C15H23NO6.C11H20O4.C6H13N3O3.C4H5NO3.CH4/c1-17(2,3)11(10-13(22)27-18(4,5)6)14(23)21-12(15(24)25)8-7-9-20-16(19)26;1-9(2)10(8-13(19)21-15(3,4)5)14(20)22-16-11(17)6-7-12(16)18;1-7(2)8(10(13)14)6-9(12)15-11(3,4)5;7-4(5(10)11)2-1-3-9-6(8)12;6-3-1-2-4(7)5(3)8;/h11-12H,7-10H2,1-6H3,(H,21,23)(H,24,25)(H3,19,20,26);9-10H,6-8H2,1-5H3;7-8H,6H2,1-5H3,(H,13,14);4H,1-3,7H2,(H,10,11)(H3,8,9,12);8H,1-2H2;1H4/t11-,12+;10-;8-;4-;;/m1000../s1. The normalized spacial score (nSPS) is 14.9. The molecule has 0 bridgehead atoms. The Morgan fingerprint density at radius 3 is 1.19 bits per heavy atom. The van der Waals surface area contributed by atoms with Gasteiger partial charge in [-0.25, -0.2) is 19.2 Å². The van der Waals surface area contributed by atoms with Crippen molar-refractivity contribution in [1.29, 1.82) is 0 Å². The molecule has 0 radical (unpaired) electrons. The Morgan fingerprint density at radius 1 is 0.541 bits per heavy atom. The molecule has 490 valence electrons. The number of carbonyl (C=O) groups excluding carboxylic acids is 11. The highest BCUT2D eigenvalue weighted by atomic mass is 16.7. The largest absolute Gasteiger partial charge is 0.481 e. The average molecular weight is 1220 g/mol. The third-order valence-electron chi connectivity index (χ3n) is 11.1. The van der Waals surface area contributed by atoms with E-state index in [1.807, 2.05) is 0 Å². The predicted octanol–water partition coefficient (Wildman–Crippen LogP) is 4.08. The van der Waals surface area contributed by atoms with Gasteiger partial charge in [-0.3, -0.25) is 53.2 Å². The fraction of sp³-hybridized carbons (Fsp3) is 0.745. The molecule has 2 fully saturated rings. The maximum absolute atomic E-state index is 12.7. The number of urea groups is 2. The van der Waals surface area contributed by atoms with E-state index in [0.717, 1.165) is 0 Å². The van der Waals surface area contributed by atoms with Crippen molar-refractivity contribution >= 4 is 83.4 Å². The zero-order valence-electron chi connectivity index (χ0n) is 51.5. The number of carboxylic acids is 3. The molecule has 2 aliphatic rings. The van der Waals surface area contributed by atoms with Crippen LogP contribution in [0.4, 0.5) is 9.59 Å². The Morgan fingerprint density at radius 2 is 0.894 bits per heavy atom. The number of amides is 9. The second-order valence-electron chi connectivity index (χ2n) is 24.1. The lowest BCUT2D eigenvalue weighted by atomic mass is 9.78. The van der Waals surface area contributed by atoms with Gasteiger partial charge in [-0.1, -0.05) is 55.9 Å². The van der Waals surface area contributed by atoms with Gasteiger partial charge in [0.1, 0.15) is 28.9 Å². The Balaban J connectivity index is -0.000000507. The van der Waals surface area contributed by atoms with Crippen LogP contribution in [0.25, 0.3) is 0 Å². The summed E-state index contributed by atoms with van der Waals surface area (Å²) in [5.74, 6) is -10.5. The van der Waals surface area contributed by atoms with Gasteiger partial charge in [-0.2, -0.15) is 5.06 Å².